The van der Waals surface area contributed by atoms with Gasteiger partial charge in [0.1, 0.15) is 41.3 Å². The highest BCUT2D eigenvalue weighted by Gasteiger charge is 2.31. The molecule has 1 aliphatic heterocycles. The lowest BCUT2D eigenvalue weighted by Gasteiger charge is -2.27. The van der Waals surface area contributed by atoms with Crippen LogP contribution in [0.1, 0.15) is 28.2 Å². The van der Waals surface area contributed by atoms with Gasteiger partial charge < -0.3 is 19.9 Å². The molecule has 6 nitrogen and oxygen atoms in total. The van der Waals surface area contributed by atoms with Crippen LogP contribution in [0.2, 0.25) is 5.02 Å². The van der Waals surface area contributed by atoms with Gasteiger partial charge in [0.25, 0.3) is 0 Å². The first-order valence-electron chi connectivity index (χ1n) is 12.2. The lowest BCUT2D eigenvalue weighted by atomic mass is 9.83. The van der Waals surface area contributed by atoms with Gasteiger partial charge in [0.2, 0.25) is 5.88 Å². The summed E-state index contributed by atoms with van der Waals surface area (Å²) >= 11 is 5.89. The number of rotatable bonds is 7. The van der Waals surface area contributed by atoms with E-state index in [0.717, 1.165) is 16.7 Å². The van der Waals surface area contributed by atoms with Gasteiger partial charge in [-0.1, -0.05) is 54.1 Å². The van der Waals surface area contributed by atoms with E-state index in [0.29, 0.717) is 22.1 Å². The molecule has 4 aromatic rings. The summed E-state index contributed by atoms with van der Waals surface area (Å²) in [6.07, 6.45) is 2.93. The number of fused-ring (bicyclic) bond motifs is 1. The van der Waals surface area contributed by atoms with Crippen molar-refractivity contribution >= 4 is 23.6 Å². The highest BCUT2D eigenvalue weighted by molar-refractivity contribution is 6.30. The van der Waals surface area contributed by atoms with Crippen molar-refractivity contribution in [2.24, 2.45) is 5.73 Å². The van der Waals surface area contributed by atoms with Gasteiger partial charge in [-0.3, -0.25) is 0 Å². The number of carbonyl (C=O) groups excluding carboxylic acids is 1. The first kappa shape index (κ1) is 26.5. The monoisotopic (exact) mass is 552 g/mol. The van der Waals surface area contributed by atoms with E-state index in [1.807, 2.05) is 18.2 Å². The molecule has 1 unspecified atom stereocenters. The minimum Gasteiger partial charge on any atom is -0.489 e. The number of nitriles is 1. The van der Waals surface area contributed by atoms with E-state index in [-0.39, 0.29) is 29.6 Å². The molecule has 4 aromatic carbocycles. The molecule has 198 valence electrons. The van der Waals surface area contributed by atoms with E-state index >= 15 is 0 Å². The van der Waals surface area contributed by atoms with Crippen LogP contribution in [0.5, 0.6) is 17.2 Å². The molecule has 0 radical (unpaired) electrons. The van der Waals surface area contributed by atoms with Crippen LogP contribution in [-0.2, 0) is 11.4 Å². The van der Waals surface area contributed by atoms with Gasteiger partial charge in [-0.15, -0.1) is 0 Å². The minimum atomic E-state index is -0.575. The first-order valence-corrected chi connectivity index (χ1v) is 12.6. The minimum absolute atomic E-state index is 0.0382. The van der Waals surface area contributed by atoms with Gasteiger partial charge in [-0.2, -0.15) is 5.26 Å². The summed E-state index contributed by atoms with van der Waals surface area (Å²) in [4.78, 5) is 12.4. The van der Waals surface area contributed by atoms with Gasteiger partial charge in [0, 0.05) is 22.7 Å². The average Bonchev–Trinajstić information content (AvgIpc) is 2.96. The van der Waals surface area contributed by atoms with Gasteiger partial charge in [0.05, 0.1) is 5.92 Å². The lowest BCUT2D eigenvalue weighted by molar-refractivity contribution is -0.128. The molecule has 1 aliphatic rings. The number of benzene rings is 4. The third kappa shape index (κ3) is 6.15. The molecule has 0 saturated heterocycles. The molecule has 40 heavy (non-hydrogen) atoms. The molecule has 0 aromatic heterocycles. The fraction of sp³-hybridized carbons (Fsp3) is 0.0625. The maximum absolute atomic E-state index is 13.2. The molecular formula is C32H22ClFN2O4. The van der Waals surface area contributed by atoms with E-state index in [1.54, 1.807) is 66.7 Å². The number of hydrogen-bond acceptors (Lipinski definition) is 6. The highest BCUT2D eigenvalue weighted by Crippen LogP contribution is 2.44. The number of esters is 1. The summed E-state index contributed by atoms with van der Waals surface area (Å²) in [5.41, 5.74) is 9.43. The fourth-order valence-electron chi connectivity index (χ4n) is 4.26. The number of allylic oxidation sites excluding steroid dienone is 1. The number of hydrogen-bond donors (Lipinski definition) is 1. The molecule has 0 amide bonds. The molecule has 5 rings (SSSR count). The summed E-state index contributed by atoms with van der Waals surface area (Å²) in [5.74, 6) is -0.261. The Morgan fingerprint density at radius 1 is 1.02 bits per heavy atom. The smallest absolute Gasteiger partial charge is 0.336 e. The van der Waals surface area contributed by atoms with E-state index in [9.17, 15) is 14.4 Å². The molecule has 8 heteroatoms. The van der Waals surface area contributed by atoms with Crippen LogP contribution in [0.25, 0.3) is 6.08 Å². The van der Waals surface area contributed by atoms with Crippen LogP contribution in [0.15, 0.2) is 109 Å². The Morgan fingerprint density at radius 2 is 1.80 bits per heavy atom. The largest absolute Gasteiger partial charge is 0.489 e. The third-order valence-corrected chi connectivity index (χ3v) is 6.45. The summed E-state index contributed by atoms with van der Waals surface area (Å²) in [7, 11) is 0. The Morgan fingerprint density at radius 3 is 2.55 bits per heavy atom. The van der Waals surface area contributed by atoms with Gasteiger partial charge in [-0.05, 0) is 65.2 Å². The quantitative estimate of drug-likeness (QED) is 0.152. The van der Waals surface area contributed by atoms with Crippen molar-refractivity contribution in [3.63, 3.8) is 0 Å². The van der Waals surface area contributed by atoms with Gasteiger partial charge >= 0.3 is 5.97 Å². The van der Waals surface area contributed by atoms with Crippen LogP contribution >= 0.6 is 11.6 Å². The molecule has 2 N–H and O–H groups in total. The van der Waals surface area contributed by atoms with Crippen molar-refractivity contribution in [3.05, 3.63) is 142 Å². The summed E-state index contributed by atoms with van der Waals surface area (Å²) in [6, 6.07) is 27.5. The number of halogens is 2. The third-order valence-electron chi connectivity index (χ3n) is 6.20. The van der Waals surface area contributed by atoms with Crippen molar-refractivity contribution in [2.75, 3.05) is 0 Å². The average molecular weight is 553 g/mol. The van der Waals surface area contributed by atoms with Gasteiger partial charge in [-0.25, -0.2) is 9.18 Å². The molecule has 0 saturated carbocycles. The standard InChI is InChI=1S/C32H22ClFN2O4/c33-23-9-4-20(5-10-23)8-15-30(37)39-26-13-14-27-29(17-26)40-32(36)28(18-35)31(27)22-2-1-3-25(16-22)38-19-21-6-11-24(34)12-7-21/h1-17,31H,19,36H2/b15-8+. The molecule has 1 atom stereocenters. The summed E-state index contributed by atoms with van der Waals surface area (Å²) in [6.45, 7) is 0.248. The van der Waals surface area contributed by atoms with Crippen LogP contribution in [0, 0.1) is 17.1 Å². The van der Waals surface area contributed by atoms with Crippen molar-refractivity contribution in [1.82, 2.24) is 0 Å². The van der Waals surface area contributed by atoms with E-state index in [2.05, 4.69) is 6.07 Å². The molecule has 0 spiro atoms. The topological polar surface area (TPSA) is 94.6 Å². The Balaban J connectivity index is 1.36. The fourth-order valence-corrected chi connectivity index (χ4v) is 4.39. The molecule has 0 bridgehead atoms. The molecule has 1 heterocycles. The van der Waals surface area contributed by atoms with E-state index < -0.39 is 11.9 Å². The van der Waals surface area contributed by atoms with E-state index in [1.165, 1.54) is 18.2 Å². The maximum Gasteiger partial charge on any atom is 0.336 e. The SMILES string of the molecule is N#CC1=C(N)Oc2cc(OC(=O)/C=C/c3ccc(Cl)cc3)ccc2C1c1cccc(OCc2ccc(F)cc2)c1. The summed E-state index contributed by atoms with van der Waals surface area (Å²) < 4.78 is 30.3. The maximum atomic E-state index is 13.2. The Labute approximate surface area is 235 Å². The zero-order valence-corrected chi connectivity index (χ0v) is 21.8. The van der Waals surface area contributed by atoms with Crippen LogP contribution in [0.4, 0.5) is 4.39 Å². The normalized spacial score (nSPS) is 14.3. The zero-order valence-electron chi connectivity index (χ0n) is 21.0. The van der Waals surface area contributed by atoms with Crippen molar-refractivity contribution in [3.8, 4) is 23.3 Å². The number of ether oxygens (including phenoxy) is 3. The predicted octanol–water partition coefficient (Wildman–Crippen LogP) is 6.90. The molecule has 0 aliphatic carbocycles. The second kappa shape index (κ2) is 11.8. The Kier molecular flexibility index (Phi) is 7.81. The Bertz CT molecular complexity index is 1660. The van der Waals surface area contributed by atoms with Crippen molar-refractivity contribution in [2.45, 2.75) is 12.5 Å². The van der Waals surface area contributed by atoms with Crippen LogP contribution in [0.3, 0.4) is 0 Å². The van der Waals surface area contributed by atoms with Crippen LogP contribution in [-0.4, -0.2) is 5.97 Å². The van der Waals surface area contributed by atoms with Crippen molar-refractivity contribution < 1.29 is 23.4 Å². The van der Waals surface area contributed by atoms with Crippen LogP contribution < -0.4 is 19.9 Å². The second-order valence-electron chi connectivity index (χ2n) is 8.92. The van der Waals surface area contributed by atoms with Gasteiger partial charge in [0.15, 0.2) is 0 Å². The zero-order chi connectivity index (χ0) is 28.1. The first-order chi connectivity index (χ1) is 19.4. The summed E-state index contributed by atoms with van der Waals surface area (Å²) in [5, 5.41) is 10.5. The predicted molar refractivity (Wildman–Crippen MR) is 149 cm³/mol. The molecular weight excluding hydrogens is 531 g/mol. The highest BCUT2D eigenvalue weighted by atomic mass is 35.5. The number of nitrogens with zero attached hydrogens (tertiary/aromatic N) is 1. The second-order valence-corrected chi connectivity index (χ2v) is 9.35. The lowest BCUT2D eigenvalue weighted by Crippen LogP contribution is -2.21. The number of nitrogens with two attached hydrogens (primary N) is 1. The van der Waals surface area contributed by atoms with E-state index in [4.69, 9.17) is 31.5 Å². The Hall–Kier alpha value is -5.06. The molecule has 0 fully saturated rings. The van der Waals surface area contributed by atoms with Crippen molar-refractivity contribution in [1.29, 1.82) is 5.26 Å². The number of carbonyl (C=O) groups is 1.